The van der Waals surface area contributed by atoms with E-state index in [4.69, 9.17) is 15.4 Å². The normalized spacial score (nSPS) is 20.2. The number of hydrogen-bond acceptors (Lipinski definition) is 6. The monoisotopic (exact) mass is 324 g/mol. The zero-order chi connectivity index (χ0) is 14.0. The van der Waals surface area contributed by atoms with Gasteiger partial charge in [-0.25, -0.2) is 13.4 Å². The predicted octanol–water partition coefficient (Wildman–Crippen LogP) is 1.74. The summed E-state index contributed by atoms with van der Waals surface area (Å²) in [6.07, 6.45) is 1.60. The van der Waals surface area contributed by atoms with Crippen molar-refractivity contribution in [2.75, 3.05) is 18.5 Å². The summed E-state index contributed by atoms with van der Waals surface area (Å²) < 4.78 is 27.7. The van der Waals surface area contributed by atoms with Crippen molar-refractivity contribution in [2.24, 2.45) is 5.92 Å². The summed E-state index contributed by atoms with van der Waals surface area (Å²) in [7, 11) is 1.45. The number of hydrogen-bond donors (Lipinski definition) is 1. The quantitative estimate of drug-likeness (QED) is 0.856. The maximum atomic E-state index is 11.9. The Bertz CT molecular complexity index is 578. The maximum Gasteiger partial charge on any atom is 0.272 e. The molecule has 1 aliphatic heterocycles. The summed E-state index contributed by atoms with van der Waals surface area (Å²) >= 11 is 0.855. The van der Waals surface area contributed by atoms with Crippen LogP contribution in [0.5, 0.6) is 0 Å². The molecule has 0 bridgehead atoms. The van der Waals surface area contributed by atoms with Crippen LogP contribution in [0.15, 0.2) is 4.21 Å². The summed E-state index contributed by atoms with van der Waals surface area (Å²) in [5, 5.41) is 2.85. The van der Waals surface area contributed by atoms with E-state index < -0.39 is 9.05 Å². The predicted molar refractivity (Wildman–Crippen MR) is 72.1 cm³/mol. The number of ether oxygens (including phenoxy) is 1. The van der Waals surface area contributed by atoms with Crippen LogP contribution in [-0.4, -0.2) is 32.5 Å². The molecule has 1 amide bonds. The molecule has 1 fully saturated rings. The zero-order valence-electron chi connectivity index (χ0n) is 10.2. The molecule has 1 atom stereocenters. The van der Waals surface area contributed by atoms with Crippen molar-refractivity contribution >= 4 is 42.1 Å². The molecule has 0 saturated carbocycles. The molecule has 19 heavy (non-hydrogen) atoms. The van der Waals surface area contributed by atoms with Crippen LogP contribution in [0.2, 0.25) is 0 Å². The molecule has 106 valence electrons. The number of carbonyl (C=O) groups excluding carboxylic acids is 1. The Labute approximate surface area is 119 Å². The highest BCUT2D eigenvalue weighted by atomic mass is 35.7. The molecule has 1 N–H and O–H groups in total. The minimum absolute atomic E-state index is 0.0376. The van der Waals surface area contributed by atoms with Crippen molar-refractivity contribution < 1.29 is 17.9 Å². The van der Waals surface area contributed by atoms with Gasteiger partial charge in [0, 0.05) is 17.3 Å². The zero-order valence-corrected chi connectivity index (χ0v) is 12.6. The van der Waals surface area contributed by atoms with Crippen LogP contribution < -0.4 is 5.32 Å². The molecule has 6 nitrogen and oxygen atoms in total. The van der Waals surface area contributed by atoms with Crippen molar-refractivity contribution in [3.63, 3.8) is 0 Å². The van der Waals surface area contributed by atoms with Gasteiger partial charge in [0.25, 0.3) is 9.05 Å². The Balaban J connectivity index is 2.09. The largest absolute Gasteiger partial charge is 0.381 e. The standard InChI is InChI=1S/C10H13ClN2O4S2/c1-6-9(19(11,15)16)18-10(12-6)13-8(14)7-3-2-4-17-5-7/h7H,2-5H2,1H3,(H,12,13,14). The van der Waals surface area contributed by atoms with E-state index in [1.165, 1.54) is 6.92 Å². The average molecular weight is 325 g/mol. The lowest BCUT2D eigenvalue weighted by Crippen LogP contribution is -2.30. The number of amides is 1. The second kappa shape index (κ2) is 5.74. The van der Waals surface area contributed by atoms with Gasteiger partial charge >= 0.3 is 0 Å². The molecular weight excluding hydrogens is 312 g/mol. The topological polar surface area (TPSA) is 85.4 Å². The Kier molecular flexibility index (Phi) is 4.44. The van der Waals surface area contributed by atoms with Crippen LogP contribution in [0, 0.1) is 12.8 Å². The van der Waals surface area contributed by atoms with Crippen LogP contribution in [0.1, 0.15) is 18.5 Å². The van der Waals surface area contributed by atoms with E-state index >= 15 is 0 Å². The second-order valence-electron chi connectivity index (χ2n) is 4.23. The van der Waals surface area contributed by atoms with E-state index in [1.807, 2.05) is 0 Å². The second-order valence-corrected chi connectivity index (χ2v) is 7.99. The molecule has 9 heteroatoms. The number of nitrogens with zero attached hydrogens (tertiary/aromatic N) is 1. The van der Waals surface area contributed by atoms with E-state index in [-0.39, 0.29) is 26.9 Å². The van der Waals surface area contributed by atoms with Crippen molar-refractivity contribution in [3.8, 4) is 0 Å². The lowest BCUT2D eigenvalue weighted by molar-refractivity contribution is -0.123. The molecule has 1 saturated heterocycles. The van der Waals surface area contributed by atoms with Gasteiger partial charge in [0.15, 0.2) is 9.34 Å². The molecular formula is C10H13ClN2O4S2. The fourth-order valence-electron chi connectivity index (χ4n) is 1.82. The van der Waals surface area contributed by atoms with Gasteiger partial charge in [-0.3, -0.25) is 4.79 Å². The van der Waals surface area contributed by atoms with Crippen LogP contribution in [0.3, 0.4) is 0 Å². The number of nitrogens with one attached hydrogen (secondary N) is 1. The SMILES string of the molecule is Cc1nc(NC(=O)C2CCCOC2)sc1S(=O)(=O)Cl. The summed E-state index contributed by atoms with van der Waals surface area (Å²) in [6.45, 7) is 2.59. The molecule has 0 radical (unpaired) electrons. The number of rotatable bonds is 3. The van der Waals surface area contributed by atoms with Crippen LogP contribution >= 0.6 is 22.0 Å². The molecule has 2 heterocycles. The van der Waals surface area contributed by atoms with E-state index in [2.05, 4.69) is 10.3 Å². The van der Waals surface area contributed by atoms with Gasteiger partial charge in [0.05, 0.1) is 18.2 Å². The molecule has 0 aliphatic carbocycles. The number of aryl methyl sites for hydroxylation is 1. The van der Waals surface area contributed by atoms with Gasteiger partial charge < -0.3 is 10.1 Å². The highest BCUT2D eigenvalue weighted by Crippen LogP contribution is 2.30. The summed E-state index contributed by atoms with van der Waals surface area (Å²) in [5.41, 5.74) is 0.287. The fourth-order valence-corrected chi connectivity index (χ4v) is 4.17. The lowest BCUT2D eigenvalue weighted by atomic mass is 10.0. The number of halogens is 1. The molecule has 0 spiro atoms. The average Bonchev–Trinajstić information content (AvgIpc) is 2.71. The Hall–Kier alpha value is -0.700. The first kappa shape index (κ1) is 14.7. The summed E-state index contributed by atoms with van der Waals surface area (Å²) in [4.78, 5) is 15.9. The summed E-state index contributed by atoms with van der Waals surface area (Å²) in [5.74, 6) is -0.416. The molecule has 0 aromatic carbocycles. The Morgan fingerprint density at radius 2 is 2.32 bits per heavy atom. The minimum Gasteiger partial charge on any atom is -0.381 e. The van der Waals surface area contributed by atoms with E-state index in [0.29, 0.717) is 13.2 Å². The third-order valence-electron chi connectivity index (χ3n) is 2.74. The minimum atomic E-state index is -3.82. The van der Waals surface area contributed by atoms with Gasteiger partial charge in [-0.1, -0.05) is 11.3 Å². The first-order valence-corrected chi connectivity index (χ1v) is 8.81. The van der Waals surface area contributed by atoms with E-state index in [1.54, 1.807) is 0 Å². The highest BCUT2D eigenvalue weighted by molar-refractivity contribution is 8.15. The molecule has 2 rings (SSSR count). The molecule has 1 aromatic heterocycles. The number of anilines is 1. The lowest BCUT2D eigenvalue weighted by Gasteiger charge is -2.20. The van der Waals surface area contributed by atoms with Crippen LogP contribution in [-0.2, 0) is 18.6 Å². The molecule has 1 unspecified atom stereocenters. The highest BCUT2D eigenvalue weighted by Gasteiger charge is 2.24. The number of thiazole rings is 1. The van der Waals surface area contributed by atoms with E-state index in [9.17, 15) is 13.2 Å². The maximum absolute atomic E-state index is 11.9. The van der Waals surface area contributed by atoms with Gasteiger partial charge in [-0.05, 0) is 19.8 Å². The van der Waals surface area contributed by atoms with Gasteiger partial charge in [0.2, 0.25) is 5.91 Å². The Morgan fingerprint density at radius 3 is 2.84 bits per heavy atom. The Morgan fingerprint density at radius 1 is 1.58 bits per heavy atom. The van der Waals surface area contributed by atoms with Crippen LogP contribution in [0.4, 0.5) is 5.13 Å². The van der Waals surface area contributed by atoms with Gasteiger partial charge in [0.1, 0.15) is 0 Å². The molecule has 1 aromatic rings. The van der Waals surface area contributed by atoms with Crippen molar-refractivity contribution in [3.05, 3.63) is 5.69 Å². The van der Waals surface area contributed by atoms with Crippen LogP contribution in [0.25, 0.3) is 0 Å². The van der Waals surface area contributed by atoms with Gasteiger partial charge in [-0.15, -0.1) is 0 Å². The van der Waals surface area contributed by atoms with Crippen molar-refractivity contribution in [1.29, 1.82) is 0 Å². The van der Waals surface area contributed by atoms with E-state index in [0.717, 1.165) is 24.2 Å². The first-order valence-electron chi connectivity index (χ1n) is 5.68. The molecule has 1 aliphatic rings. The number of carbonyl (C=O) groups is 1. The van der Waals surface area contributed by atoms with Gasteiger partial charge in [-0.2, -0.15) is 0 Å². The third-order valence-corrected chi connectivity index (χ3v) is 5.99. The fraction of sp³-hybridized carbons (Fsp3) is 0.600. The number of aromatic nitrogens is 1. The summed E-state index contributed by atoms with van der Waals surface area (Å²) in [6, 6.07) is 0. The van der Waals surface area contributed by atoms with Crippen molar-refractivity contribution in [2.45, 2.75) is 24.0 Å². The van der Waals surface area contributed by atoms with Crippen molar-refractivity contribution in [1.82, 2.24) is 4.98 Å². The smallest absolute Gasteiger partial charge is 0.272 e. The first-order chi connectivity index (χ1) is 8.88. The third kappa shape index (κ3) is 3.65.